The van der Waals surface area contributed by atoms with Crippen LogP contribution in [0.25, 0.3) is 5.65 Å². The Hall–Kier alpha value is -2.41. The molecule has 0 radical (unpaired) electrons. The second-order valence-electron chi connectivity index (χ2n) is 6.49. The Labute approximate surface area is 147 Å². The van der Waals surface area contributed by atoms with Crippen LogP contribution in [0.3, 0.4) is 0 Å². The molecule has 134 valence electrons. The minimum Gasteiger partial charge on any atom is -0.383 e. The van der Waals surface area contributed by atoms with Crippen molar-refractivity contribution in [2.24, 2.45) is 5.92 Å². The molecule has 0 aliphatic carbocycles. The third-order valence-electron chi connectivity index (χ3n) is 4.53. The molecule has 3 rings (SSSR count). The molecule has 1 N–H and O–H groups in total. The normalized spacial score (nSPS) is 17.9. The number of nitrogens with one attached hydrogen (secondary N) is 1. The van der Waals surface area contributed by atoms with E-state index >= 15 is 0 Å². The third-order valence-corrected chi connectivity index (χ3v) is 4.53. The number of rotatable bonds is 6. The summed E-state index contributed by atoms with van der Waals surface area (Å²) in [5.41, 5.74) is 2.84. The minimum absolute atomic E-state index is 0.0249. The van der Waals surface area contributed by atoms with E-state index in [0.717, 1.165) is 16.9 Å². The van der Waals surface area contributed by atoms with Gasteiger partial charge in [0.05, 0.1) is 24.8 Å². The van der Waals surface area contributed by atoms with E-state index in [1.165, 1.54) is 0 Å². The summed E-state index contributed by atoms with van der Waals surface area (Å²) in [6.45, 7) is 3.90. The van der Waals surface area contributed by atoms with Crippen LogP contribution in [0.15, 0.2) is 24.5 Å². The van der Waals surface area contributed by atoms with Gasteiger partial charge in [-0.3, -0.25) is 9.59 Å². The van der Waals surface area contributed by atoms with Gasteiger partial charge in [-0.1, -0.05) is 6.07 Å². The van der Waals surface area contributed by atoms with Crippen molar-refractivity contribution in [2.75, 3.05) is 26.8 Å². The molecule has 0 saturated carbocycles. The molecule has 0 bridgehead atoms. The Balaban J connectivity index is 1.56. The summed E-state index contributed by atoms with van der Waals surface area (Å²) in [5, 5.41) is 2.95. The largest absolute Gasteiger partial charge is 0.383 e. The Kier molecular flexibility index (Phi) is 5.33. The van der Waals surface area contributed by atoms with E-state index in [1.54, 1.807) is 12.0 Å². The van der Waals surface area contributed by atoms with Crippen LogP contribution < -0.4 is 5.32 Å². The highest BCUT2D eigenvalue weighted by Gasteiger charge is 2.29. The van der Waals surface area contributed by atoms with Crippen LogP contribution in [0.5, 0.6) is 0 Å². The molecule has 1 aliphatic heterocycles. The lowest BCUT2D eigenvalue weighted by atomic mass is 9.96. The highest BCUT2D eigenvalue weighted by molar-refractivity contribution is 5.83. The average Bonchev–Trinajstić information content (AvgIpc) is 3.01. The summed E-state index contributed by atoms with van der Waals surface area (Å²) in [6, 6.07) is 3.97. The van der Waals surface area contributed by atoms with E-state index in [4.69, 9.17) is 4.74 Å². The van der Waals surface area contributed by atoms with Crippen molar-refractivity contribution in [2.45, 2.75) is 26.3 Å². The summed E-state index contributed by atoms with van der Waals surface area (Å²) < 4.78 is 6.99. The van der Waals surface area contributed by atoms with E-state index in [2.05, 4.69) is 10.3 Å². The minimum atomic E-state index is -0.172. The summed E-state index contributed by atoms with van der Waals surface area (Å²) >= 11 is 0. The second kappa shape index (κ2) is 7.65. The summed E-state index contributed by atoms with van der Waals surface area (Å²) in [5.74, 6) is -0.103. The summed E-state index contributed by atoms with van der Waals surface area (Å²) in [4.78, 5) is 30.6. The van der Waals surface area contributed by atoms with E-state index in [1.807, 2.05) is 35.9 Å². The van der Waals surface area contributed by atoms with Crippen LogP contribution in [0.2, 0.25) is 0 Å². The quantitative estimate of drug-likeness (QED) is 0.853. The molecule has 0 spiro atoms. The Bertz CT molecular complexity index is 771. The van der Waals surface area contributed by atoms with Gasteiger partial charge in [-0.15, -0.1) is 0 Å². The fourth-order valence-corrected chi connectivity index (χ4v) is 3.11. The zero-order valence-corrected chi connectivity index (χ0v) is 14.7. The van der Waals surface area contributed by atoms with Gasteiger partial charge in [0.15, 0.2) is 0 Å². The maximum atomic E-state index is 12.5. The average molecular weight is 344 g/mol. The fourth-order valence-electron chi connectivity index (χ4n) is 3.11. The molecule has 1 atom stereocenters. The molecule has 2 aromatic heterocycles. The van der Waals surface area contributed by atoms with Crippen LogP contribution in [0, 0.1) is 12.8 Å². The first-order chi connectivity index (χ1) is 12.1. The number of aryl methyl sites for hydroxylation is 1. The summed E-state index contributed by atoms with van der Waals surface area (Å²) in [7, 11) is 1.61. The van der Waals surface area contributed by atoms with E-state index in [-0.39, 0.29) is 17.7 Å². The van der Waals surface area contributed by atoms with Gasteiger partial charge in [0.1, 0.15) is 5.65 Å². The lowest BCUT2D eigenvalue weighted by Gasteiger charge is -2.31. The van der Waals surface area contributed by atoms with Crippen molar-refractivity contribution in [3.8, 4) is 0 Å². The molecule has 1 fully saturated rings. The highest BCUT2D eigenvalue weighted by Crippen LogP contribution is 2.18. The van der Waals surface area contributed by atoms with Crippen molar-refractivity contribution in [1.29, 1.82) is 0 Å². The van der Waals surface area contributed by atoms with Gasteiger partial charge in [-0.25, -0.2) is 4.98 Å². The molecule has 3 heterocycles. The van der Waals surface area contributed by atoms with Crippen molar-refractivity contribution >= 4 is 17.5 Å². The SMILES string of the molecule is COCCN1CC(C(=O)NCc2cn3cc(C)ccc3n2)CCC1=O. The molecule has 1 aliphatic rings. The zero-order valence-electron chi connectivity index (χ0n) is 14.7. The predicted molar refractivity (Wildman–Crippen MR) is 93.0 cm³/mol. The molecule has 1 unspecified atom stereocenters. The first kappa shape index (κ1) is 17.4. The first-order valence-corrected chi connectivity index (χ1v) is 8.55. The number of carbonyl (C=O) groups excluding carboxylic acids is 2. The number of hydrogen-bond donors (Lipinski definition) is 1. The Morgan fingerprint density at radius 2 is 2.24 bits per heavy atom. The number of likely N-dealkylation sites (tertiary alicyclic amines) is 1. The predicted octanol–water partition coefficient (Wildman–Crippen LogP) is 1.14. The Morgan fingerprint density at radius 3 is 3.04 bits per heavy atom. The maximum Gasteiger partial charge on any atom is 0.225 e. The van der Waals surface area contributed by atoms with Gasteiger partial charge in [-0.05, 0) is 25.0 Å². The van der Waals surface area contributed by atoms with Gasteiger partial charge < -0.3 is 19.4 Å². The number of carbonyl (C=O) groups is 2. The van der Waals surface area contributed by atoms with Crippen molar-refractivity contribution in [3.05, 3.63) is 35.8 Å². The Morgan fingerprint density at radius 1 is 1.40 bits per heavy atom. The molecular formula is C18H24N4O3. The van der Waals surface area contributed by atoms with Gasteiger partial charge in [0.25, 0.3) is 0 Å². The molecule has 0 aromatic carbocycles. The van der Waals surface area contributed by atoms with Crippen LogP contribution in [0.1, 0.15) is 24.1 Å². The number of nitrogens with zero attached hydrogens (tertiary/aromatic N) is 3. The molecule has 1 saturated heterocycles. The van der Waals surface area contributed by atoms with Gasteiger partial charge in [0, 0.05) is 39.0 Å². The number of fused-ring (bicyclic) bond motifs is 1. The number of ether oxygens (including phenoxy) is 1. The number of imidazole rings is 1. The van der Waals surface area contributed by atoms with Crippen LogP contribution >= 0.6 is 0 Å². The molecule has 7 nitrogen and oxygen atoms in total. The van der Waals surface area contributed by atoms with E-state index in [0.29, 0.717) is 39.1 Å². The molecule has 7 heteroatoms. The van der Waals surface area contributed by atoms with Crippen LogP contribution in [-0.2, 0) is 20.9 Å². The van der Waals surface area contributed by atoms with Gasteiger partial charge in [-0.2, -0.15) is 0 Å². The number of pyridine rings is 1. The van der Waals surface area contributed by atoms with Gasteiger partial charge >= 0.3 is 0 Å². The van der Waals surface area contributed by atoms with Crippen molar-refractivity contribution < 1.29 is 14.3 Å². The first-order valence-electron chi connectivity index (χ1n) is 8.55. The summed E-state index contributed by atoms with van der Waals surface area (Å²) in [6.07, 6.45) is 4.94. The van der Waals surface area contributed by atoms with Crippen molar-refractivity contribution in [3.63, 3.8) is 0 Å². The number of piperidine rings is 1. The van der Waals surface area contributed by atoms with E-state index < -0.39 is 0 Å². The number of amides is 2. The lowest BCUT2D eigenvalue weighted by Crippen LogP contribution is -2.46. The smallest absolute Gasteiger partial charge is 0.225 e. The molecule has 2 aromatic rings. The number of hydrogen-bond acceptors (Lipinski definition) is 4. The lowest BCUT2D eigenvalue weighted by molar-refractivity contribution is -0.138. The van der Waals surface area contributed by atoms with Gasteiger partial charge in [0.2, 0.25) is 11.8 Å². The number of methoxy groups -OCH3 is 1. The second-order valence-corrected chi connectivity index (χ2v) is 6.49. The molecular weight excluding hydrogens is 320 g/mol. The van der Waals surface area contributed by atoms with Crippen LogP contribution in [0.4, 0.5) is 0 Å². The molecule has 25 heavy (non-hydrogen) atoms. The fraction of sp³-hybridized carbons (Fsp3) is 0.500. The number of aromatic nitrogens is 2. The highest BCUT2D eigenvalue weighted by atomic mass is 16.5. The maximum absolute atomic E-state index is 12.5. The zero-order chi connectivity index (χ0) is 17.8. The van der Waals surface area contributed by atoms with Crippen molar-refractivity contribution in [1.82, 2.24) is 19.6 Å². The topological polar surface area (TPSA) is 75.9 Å². The molecule has 2 amide bonds. The third kappa shape index (κ3) is 4.17. The van der Waals surface area contributed by atoms with E-state index in [9.17, 15) is 9.59 Å². The monoisotopic (exact) mass is 344 g/mol. The van der Waals surface area contributed by atoms with Crippen LogP contribution in [-0.4, -0.2) is 52.9 Å². The standard InChI is InChI=1S/C18H24N4O3/c1-13-3-5-16-20-15(12-22(16)10-13)9-19-18(24)14-4-6-17(23)21(11-14)7-8-25-2/h3,5,10,12,14H,4,6-9,11H2,1-2H3,(H,19,24).